The Balaban J connectivity index is 1.57. The fraction of sp³-hybridized carbons (Fsp3) is 0.556. The Hall–Kier alpha value is -3.30. The zero-order valence-corrected chi connectivity index (χ0v) is 17.3. The number of halogens is 2. The number of aliphatic hydroxyl groups excluding tert-OH is 2. The second-order valence-electron chi connectivity index (χ2n) is 7.85. The first-order valence-electron chi connectivity index (χ1n) is 10.3. The van der Waals surface area contributed by atoms with Crippen molar-refractivity contribution in [1.29, 1.82) is 0 Å². The predicted octanol–water partition coefficient (Wildman–Crippen LogP) is -0.538. The van der Waals surface area contributed by atoms with Crippen LogP contribution in [0.1, 0.15) is 25.1 Å². The highest BCUT2D eigenvalue weighted by molar-refractivity contribution is 5.85. The lowest BCUT2D eigenvalue weighted by molar-refractivity contribution is -0.137. The van der Waals surface area contributed by atoms with Crippen molar-refractivity contribution in [3.63, 3.8) is 0 Å². The molecule has 1 amide bonds. The van der Waals surface area contributed by atoms with Gasteiger partial charge in [0.2, 0.25) is 0 Å². The summed E-state index contributed by atoms with van der Waals surface area (Å²) >= 11 is 0. The minimum absolute atomic E-state index is 0.0332. The Kier molecular flexibility index (Phi) is 5.38. The van der Waals surface area contributed by atoms with Crippen LogP contribution in [0.4, 0.5) is 14.6 Å². The van der Waals surface area contributed by atoms with Crippen LogP contribution in [0.25, 0.3) is 22.7 Å². The highest BCUT2D eigenvalue weighted by atomic mass is 19.3. The first kappa shape index (κ1) is 21.5. The van der Waals surface area contributed by atoms with Crippen molar-refractivity contribution in [2.75, 3.05) is 18.9 Å². The van der Waals surface area contributed by atoms with E-state index in [0.717, 1.165) is 12.8 Å². The van der Waals surface area contributed by atoms with Gasteiger partial charge in [0.25, 0.3) is 12.3 Å². The first-order chi connectivity index (χ1) is 15.9. The summed E-state index contributed by atoms with van der Waals surface area (Å²) in [5, 5.41) is 33.9. The van der Waals surface area contributed by atoms with Crippen molar-refractivity contribution in [2.24, 2.45) is 0 Å². The van der Waals surface area contributed by atoms with Gasteiger partial charge in [-0.25, -0.2) is 28.4 Å². The van der Waals surface area contributed by atoms with E-state index in [1.165, 1.54) is 17.9 Å². The van der Waals surface area contributed by atoms with Crippen LogP contribution in [-0.4, -0.2) is 89.0 Å². The minimum Gasteiger partial charge on any atom is -0.387 e. The highest BCUT2D eigenvalue weighted by Crippen LogP contribution is 2.35. The largest absolute Gasteiger partial charge is 0.387 e. The average molecular weight is 465 g/mol. The van der Waals surface area contributed by atoms with E-state index in [1.807, 2.05) is 0 Å². The van der Waals surface area contributed by atoms with Gasteiger partial charge in [-0.1, -0.05) is 5.21 Å². The zero-order chi connectivity index (χ0) is 23.3. The predicted molar refractivity (Wildman–Crippen MR) is 107 cm³/mol. The number of likely N-dealkylation sites (N-methyl/N-ethyl adjacent to an activating group) is 1. The van der Waals surface area contributed by atoms with Crippen molar-refractivity contribution in [3.05, 3.63) is 12.5 Å². The second-order valence-corrected chi connectivity index (χ2v) is 7.85. The van der Waals surface area contributed by atoms with E-state index in [1.54, 1.807) is 10.9 Å². The number of carbonyl (C=O) groups excluding carboxylic acids is 1. The summed E-state index contributed by atoms with van der Waals surface area (Å²) in [5.41, 5.74) is 0.599. The molecule has 1 saturated carbocycles. The molecule has 4 heterocycles. The maximum Gasteiger partial charge on any atom is 0.255 e. The monoisotopic (exact) mass is 465 g/mol. The molecular weight excluding hydrogens is 444 g/mol. The topological polar surface area (TPSA) is 165 Å². The van der Waals surface area contributed by atoms with Crippen LogP contribution in [0.3, 0.4) is 0 Å². The molecule has 1 saturated heterocycles. The molecule has 2 fully saturated rings. The summed E-state index contributed by atoms with van der Waals surface area (Å²) in [7, 11) is 1.37. The van der Waals surface area contributed by atoms with Crippen molar-refractivity contribution in [1.82, 2.24) is 39.8 Å². The van der Waals surface area contributed by atoms with Gasteiger partial charge in [0.1, 0.15) is 12.2 Å². The van der Waals surface area contributed by atoms with Crippen LogP contribution in [0.5, 0.6) is 0 Å². The first-order valence-corrected chi connectivity index (χ1v) is 10.3. The molecular formula is C18H21F2N9O4. The molecule has 3 aromatic rings. The number of nitrogens with one attached hydrogen (secondary N) is 2. The Labute approximate surface area is 184 Å². The third-order valence-corrected chi connectivity index (χ3v) is 5.52. The summed E-state index contributed by atoms with van der Waals surface area (Å²) in [4.78, 5) is 24.9. The summed E-state index contributed by atoms with van der Waals surface area (Å²) in [5.74, 6) is -0.477. The lowest BCUT2D eigenvalue weighted by atomic mass is 10.1. The minimum atomic E-state index is -2.64. The average Bonchev–Trinajstić information content (AvgIpc) is 3.25. The van der Waals surface area contributed by atoms with Gasteiger partial charge < -0.3 is 25.6 Å². The van der Waals surface area contributed by atoms with Gasteiger partial charge in [-0.15, -0.1) is 5.10 Å². The van der Waals surface area contributed by atoms with Crippen molar-refractivity contribution in [2.45, 2.75) is 49.8 Å². The number of rotatable bonds is 7. The molecule has 0 aromatic carbocycles. The maximum absolute atomic E-state index is 12.9. The van der Waals surface area contributed by atoms with E-state index >= 15 is 0 Å². The molecule has 176 valence electrons. The van der Waals surface area contributed by atoms with Crippen molar-refractivity contribution >= 4 is 22.9 Å². The number of aliphatic hydroxyl groups is 2. The van der Waals surface area contributed by atoms with Gasteiger partial charge in [0.05, 0.1) is 25.1 Å². The van der Waals surface area contributed by atoms with Crippen molar-refractivity contribution < 1.29 is 28.5 Å². The number of nitrogens with zero attached hydrogens (tertiary/aromatic N) is 7. The van der Waals surface area contributed by atoms with Crippen molar-refractivity contribution in [3.8, 4) is 11.5 Å². The van der Waals surface area contributed by atoms with Gasteiger partial charge in [0.15, 0.2) is 40.8 Å². The van der Waals surface area contributed by atoms with E-state index in [2.05, 4.69) is 35.9 Å². The molecule has 0 bridgehead atoms. The fourth-order valence-corrected chi connectivity index (χ4v) is 3.66. The molecule has 0 spiro atoms. The molecule has 0 radical (unpaired) electrons. The Bertz CT molecular complexity index is 1180. The number of amides is 1. The van der Waals surface area contributed by atoms with E-state index in [0.29, 0.717) is 5.69 Å². The van der Waals surface area contributed by atoms with Crippen LogP contribution in [-0.2, 0) is 9.53 Å². The molecule has 3 aromatic heterocycles. The van der Waals surface area contributed by atoms with Gasteiger partial charge >= 0.3 is 0 Å². The second kappa shape index (κ2) is 8.24. The number of hydrogen-bond acceptors (Lipinski definition) is 10. The summed E-state index contributed by atoms with van der Waals surface area (Å²) in [6.45, 7) is -0.673. The lowest BCUT2D eigenvalue weighted by Gasteiger charge is -2.17. The SMILES string of the molecule is CNC(=O)[C@H]1O[C@@H](n2cnc3c(NCC(F)F)nc(-c4cn(C5CC5)nn4)nc32)[C@H](O)[C@@H]1O. The van der Waals surface area contributed by atoms with E-state index < -0.39 is 43.4 Å². The quantitative estimate of drug-likeness (QED) is 0.356. The molecule has 33 heavy (non-hydrogen) atoms. The van der Waals surface area contributed by atoms with E-state index in [9.17, 15) is 23.8 Å². The standard InChI is InChI=1S/C18H21F2N9O4/c1-21-17(32)13-11(30)12(31)18(33-13)28-6-23-10-15(22-4-9(19)20)24-14(25-16(10)28)8-5-29(27-26-8)7-2-3-7/h5-7,9,11-13,18,30-31H,2-4H2,1H3,(H,21,32)(H,22,24,25)/t11-,12+,13-,18+/m0/s1. The molecule has 5 rings (SSSR count). The number of aromatic nitrogens is 7. The van der Waals surface area contributed by atoms with Crippen LogP contribution in [0.15, 0.2) is 12.5 Å². The third kappa shape index (κ3) is 3.87. The molecule has 1 aliphatic carbocycles. The highest BCUT2D eigenvalue weighted by Gasteiger charge is 2.47. The number of hydrogen-bond donors (Lipinski definition) is 4. The molecule has 0 unspecified atom stereocenters. The Morgan fingerprint density at radius 1 is 1.30 bits per heavy atom. The zero-order valence-electron chi connectivity index (χ0n) is 17.3. The third-order valence-electron chi connectivity index (χ3n) is 5.52. The van der Waals surface area contributed by atoms with Gasteiger partial charge in [-0.3, -0.25) is 9.36 Å². The number of carbonyl (C=O) groups is 1. The smallest absolute Gasteiger partial charge is 0.255 e. The Morgan fingerprint density at radius 3 is 2.79 bits per heavy atom. The molecule has 1 aliphatic heterocycles. The van der Waals surface area contributed by atoms with Crippen LogP contribution < -0.4 is 10.6 Å². The van der Waals surface area contributed by atoms with Gasteiger partial charge in [0, 0.05) is 7.05 Å². The summed E-state index contributed by atoms with van der Waals surface area (Å²) in [6.07, 6.45) is -3.22. The molecule has 15 heteroatoms. The number of imidazole rings is 1. The van der Waals surface area contributed by atoms with E-state index in [-0.39, 0.29) is 28.8 Å². The summed E-state index contributed by atoms with van der Waals surface area (Å²) < 4.78 is 34.3. The van der Waals surface area contributed by atoms with Gasteiger partial charge in [-0.05, 0) is 12.8 Å². The van der Waals surface area contributed by atoms with Crippen LogP contribution in [0, 0.1) is 0 Å². The molecule has 2 aliphatic rings. The molecule has 13 nitrogen and oxygen atoms in total. The van der Waals surface area contributed by atoms with Gasteiger partial charge in [-0.2, -0.15) is 0 Å². The van der Waals surface area contributed by atoms with Crippen LogP contribution >= 0.6 is 0 Å². The number of fused-ring (bicyclic) bond motifs is 1. The Morgan fingerprint density at radius 2 is 2.09 bits per heavy atom. The normalized spacial score (nSPS) is 25.2. The van der Waals surface area contributed by atoms with E-state index in [4.69, 9.17) is 4.74 Å². The molecule has 4 N–H and O–H groups in total. The number of ether oxygens (including phenoxy) is 1. The van der Waals surface area contributed by atoms with Crippen LogP contribution in [0.2, 0.25) is 0 Å². The fourth-order valence-electron chi connectivity index (χ4n) is 3.66. The summed E-state index contributed by atoms with van der Waals surface area (Å²) in [6, 6.07) is 0.266. The molecule has 4 atom stereocenters. The lowest BCUT2D eigenvalue weighted by Crippen LogP contribution is -2.41. The maximum atomic E-state index is 12.9. The number of anilines is 1. The number of alkyl halides is 2.